The molecule has 0 aromatic heterocycles. The van der Waals surface area contributed by atoms with Crippen LogP contribution in [0.4, 0.5) is 0 Å². The van der Waals surface area contributed by atoms with E-state index in [0.717, 1.165) is 28.7 Å². The summed E-state index contributed by atoms with van der Waals surface area (Å²) in [5.74, 6) is -0.0655. The van der Waals surface area contributed by atoms with Crippen LogP contribution in [0.25, 0.3) is 0 Å². The number of Topliss-reactive ketones (excluding diaryl/α,β-unsaturated/α-hetero) is 1. The van der Waals surface area contributed by atoms with E-state index < -0.39 is 16.8 Å². The number of piperidine rings is 1. The Morgan fingerprint density at radius 3 is 2.86 bits per heavy atom. The molecule has 28 heavy (non-hydrogen) atoms. The first kappa shape index (κ1) is 16.5. The summed E-state index contributed by atoms with van der Waals surface area (Å²) in [5.41, 5.74) is 3.30. The molecule has 2 saturated heterocycles. The normalized spacial score (nSPS) is 39.3. The topological polar surface area (TPSA) is 63.7 Å². The molecule has 5 nitrogen and oxygen atoms in total. The zero-order valence-electron chi connectivity index (χ0n) is 16.2. The van der Waals surface area contributed by atoms with Crippen molar-refractivity contribution in [2.24, 2.45) is 5.41 Å². The van der Waals surface area contributed by atoms with E-state index in [1.165, 1.54) is 12.7 Å². The van der Waals surface area contributed by atoms with Crippen molar-refractivity contribution in [1.82, 2.24) is 4.90 Å². The number of hydrogen-bond acceptors (Lipinski definition) is 4. The van der Waals surface area contributed by atoms with Gasteiger partial charge in [0, 0.05) is 35.9 Å². The fraction of sp³-hybridized carbons (Fsp3) is 0.522. The second-order valence-corrected chi connectivity index (χ2v) is 9.35. The molecule has 2 bridgehead atoms. The number of rotatable bonds is 1. The van der Waals surface area contributed by atoms with Crippen LogP contribution in [0.3, 0.4) is 0 Å². The zero-order valence-corrected chi connectivity index (χ0v) is 16.2. The van der Waals surface area contributed by atoms with Gasteiger partial charge in [-0.3, -0.25) is 14.4 Å². The van der Waals surface area contributed by atoms with E-state index in [2.05, 4.69) is 19.6 Å². The molecule has 5 atom stereocenters. The van der Waals surface area contributed by atoms with E-state index in [9.17, 15) is 14.4 Å². The molecule has 0 saturated carbocycles. The number of benzene rings is 1. The summed E-state index contributed by atoms with van der Waals surface area (Å²) in [7, 11) is 1.38. The molecule has 1 aromatic rings. The van der Waals surface area contributed by atoms with Crippen LogP contribution in [0.1, 0.15) is 71.5 Å². The van der Waals surface area contributed by atoms with Crippen molar-refractivity contribution in [3.8, 4) is 0 Å². The van der Waals surface area contributed by atoms with Gasteiger partial charge in [-0.15, -0.1) is 0 Å². The highest BCUT2D eigenvalue weighted by Crippen LogP contribution is 2.68. The molecule has 1 amide bonds. The molecule has 1 aromatic carbocycles. The molecule has 2 heterocycles. The van der Waals surface area contributed by atoms with Gasteiger partial charge in [-0.2, -0.15) is 0 Å². The molecule has 144 valence electrons. The number of methoxy groups -OCH3 is 1. The highest BCUT2D eigenvalue weighted by molar-refractivity contribution is 6.09. The lowest BCUT2D eigenvalue weighted by atomic mass is 9.52. The average molecular weight is 377 g/mol. The molecule has 0 unspecified atom stereocenters. The van der Waals surface area contributed by atoms with Gasteiger partial charge in [0.25, 0.3) is 0 Å². The summed E-state index contributed by atoms with van der Waals surface area (Å²) in [5, 5.41) is 0. The number of nitrogens with zero attached hydrogens (tertiary/aromatic N) is 1. The Bertz CT molecular complexity index is 1030. The molecule has 2 fully saturated rings. The Morgan fingerprint density at radius 1 is 1.32 bits per heavy atom. The lowest BCUT2D eigenvalue weighted by Crippen LogP contribution is -2.56. The van der Waals surface area contributed by atoms with E-state index in [0.29, 0.717) is 25.8 Å². The van der Waals surface area contributed by atoms with Crippen molar-refractivity contribution < 1.29 is 19.1 Å². The van der Waals surface area contributed by atoms with Gasteiger partial charge in [0.05, 0.1) is 7.11 Å². The average Bonchev–Trinajstić information content (AvgIpc) is 3.06. The number of amides is 1. The highest BCUT2D eigenvalue weighted by atomic mass is 16.5. The smallest absolute Gasteiger partial charge is 0.322 e. The summed E-state index contributed by atoms with van der Waals surface area (Å²) < 4.78 is 5.27. The first-order chi connectivity index (χ1) is 13.4. The van der Waals surface area contributed by atoms with Gasteiger partial charge >= 0.3 is 5.97 Å². The van der Waals surface area contributed by atoms with E-state index in [4.69, 9.17) is 4.74 Å². The SMILES string of the molecule is C=C1CN2C(=O)[C@@]3(C(=O)OC)CC[C@H]4CC(=O)c5ccc6c(c54)[C@@]3(C)[C@H]2C[C@H]16. The molecule has 0 radical (unpaired) electrons. The second kappa shape index (κ2) is 4.76. The molecule has 0 spiro atoms. The first-order valence-corrected chi connectivity index (χ1v) is 10.1. The third-order valence-electron chi connectivity index (χ3n) is 8.59. The van der Waals surface area contributed by atoms with Crippen LogP contribution in [0.2, 0.25) is 0 Å². The minimum absolute atomic E-state index is 0.0527. The third-order valence-corrected chi connectivity index (χ3v) is 8.59. The van der Waals surface area contributed by atoms with Gasteiger partial charge in [0.2, 0.25) is 5.91 Å². The van der Waals surface area contributed by atoms with E-state index in [-0.39, 0.29) is 29.6 Å². The number of ketones is 1. The van der Waals surface area contributed by atoms with Crippen LogP contribution in [-0.4, -0.2) is 42.3 Å². The van der Waals surface area contributed by atoms with Gasteiger partial charge in [-0.25, -0.2) is 0 Å². The minimum atomic E-state index is -1.21. The van der Waals surface area contributed by atoms with Crippen LogP contribution in [0.15, 0.2) is 24.3 Å². The number of ether oxygens (including phenoxy) is 1. The molecule has 3 aliphatic carbocycles. The standard InChI is InChI=1S/C23H23NO4/c1-11-10-24-17-9-15(11)13-4-5-14-16(25)8-12-6-7-23(20(24)26,21(27)28-3)22(17,2)19(13)18(12)14/h4-5,12,15,17H,1,6-10H2,2-3H3/t12-,15+,17+,22+,23+/m0/s1. The molecule has 6 rings (SSSR count). The van der Waals surface area contributed by atoms with Crippen LogP contribution < -0.4 is 0 Å². The Hall–Kier alpha value is -2.43. The third kappa shape index (κ3) is 1.43. The van der Waals surface area contributed by atoms with Gasteiger partial charge in [0.1, 0.15) is 0 Å². The Labute approximate surface area is 163 Å². The number of hydrogen-bond donors (Lipinski definition) is 0. The number of esters is 1. The van der Waals surface area contributed by atoms with Gasteiger partial charge < -0.3 is 9.64 Å². The molecule has 5 aliphatic rings. The zero-order chi connectivity index (χ0) is 19.6. The van der Waals surface area contributed by atoms with E-state index >= 15 is 0 Å². The molecule has 5 heteroatoms. The summed E-state index contributed by atoms with van der Waals surface area (Å²) in [6.07, 6.45) is 2.37. The maximum absolute atomic E-state index is 13.8. The Kier molecular flexibility index (Phi) is 2.81. The van der Waals surface area contributed by atoms with Crippen LogP contribution in [-0.2, 0) is 19.7 Å². The van der Waals surface area contributed by atoms with E-state index in [1.54, 1.807) is 0 Å². The Morgan fingerprint density at radius 2 is 2.11 bits per heavy atom. The largest absolute Gasteiger partial charge is 0.468 e. The Balaban J connectivity index is 1.79. The maximum Gasteiger partial charge on any atom is 0.322 e. The monoisotopic (exact) mass is 377 g/mol. The molecular formula is C23H23NO4. The van der Waals surface area contributed by atoms with E-state index in [1.807, 2.05) is 11.0 Å². The molecular weight excluding hydrogens is 354 g/mol. The van der Waals surface area contributed by atoms with Gasteiger partial charge in [0.15, 0.2) is 11.2 Å². The predicted molar refractivity (Wildman–Crippen MR) is 101 cm³/mol. The summed E-state index contributed by atoms with van der Waals surface area (Å²) >= 11 is 0. The number of carbonyl (C=O) groups is 3. The van der Waals surface area contributed by atoms with Crippen LogP contribution >= 0.6 is 0 Å². The second-order valence-electron chi connectivity index (χ2n) is 9.35. The predicted octanol–water partition coefficient (Wildman–Crippen LogP) is 2.84. The van der Waals surface area contributed by atoms with Crippen LogP contribution in [0.5, 0.6) is 0 Å². The lowest BCUT2D eigenvalue weighted by Gasteiger charge is -2.51. The summed E-state index contributed by atoms with van der Waals surface area (Å²) in [4.78, 5) is 41.7. The quantitative estimate of drug-likeness (QED) is 0.429. The summed E-state index contributed by atoms with van der Waals surface area (Å²) in [6.45, 7) is 6.87. The lowest BCUT2D eigenvalue weighted by molar-refractivity contribution is -0.162. The molecule has 2 aliphatic heterocycles. The van der Waals surface area contributed by atoms with Crippen molar-refractivity contribution in [3.05, 3.63) is 46.5 Å². The minimum Gasteiger partial charge on any atom is -0.468 e. The number of fused-ring (bicyclic) bond motifs is 2. The van der Waals surface area contributed by atoms with Gasteiger partial charge in [-0.1, -0.05) is 31.2 Å². The van der Waals surface area contributed by atoms with Crippen molar-refractivity contribution in [2.45, 2.75) is 55.9 Å². The first-order valence-electron chi connectivity index (χ1n) is 10.1. The highest BCUT2D eigenvalue weighted by Gasteiger charge is 2.75. The maximum atomic E-state index is 13.8. The fourth-order valence-corrected chi connectivity index (χ4v) is 7.38. The molecule has 0 N–H and O–H groups in total. The number of carbonyl (C=O) groups excluding carboxylic acids is 3. The van der Waals surface area contributed by atoms with Crippen molar-refractivity contribution in [2.75, 3.05) is 13.7 Å². The fourth-order valence-electron chi connectivity index (χ4n) is 7.38. The van der Waals surface area contributed by atoms with Crippen molar-refractivity contribution >= 4 is 17.7 Å². The van der Waals surface area contributed by atoms with Crippen molar-refractivity contribution in [1.29, 1.82) is 0 Å². The van der Waals surface area contributed by atoms with Crippen molar-refractivity contribution in [3.63, 3.8) is 0 Å². The van der Waals surface area contributed by atoms with Gasteiger partial charge in [-0.05, 0) is 41.9 Å². The van der Waals surface area contributed by atoms with Crippen LogP contribution in [0, 0.1) is 5.41 Å². The summed E-state index contributed by atoms with van der Waals surface area (Å²) in [6, 6.07) is 3.99.